The van der Waals surface area contributed by atoms with Crippen molar-refractivity contribution in [2.24, 2.45) is 0 Å². The van der Waals surface area contributed by atoms with Crippen molar-refractivity contribution >= 4 is 17.7 Å². The molecule has 3 fully saturated rings. The van der Waals surface area contributed by atoms with Crippen molar-refractivity contribution in [1.29, 1.82) is 0 Å². The number of carbonyl (C=O) groups excluding carboxylic acids is 3. The average molecular weight is 485 g/mol. The van der Waals surface area contributed by atoms with Crippen LogP contribution in [0.25, 0.3) is 0 Å². The summed E-state index contributed by atoms with van der Waals surface area (Å²) in [6.45, 7) is 5.20. The molecule has 0 radical (unpaired) electrons. The van der Waals surface area contributed by atoms with Crippen LogP contribution < -0.4 is 5.32 Å². The first-order chi connectivity index (χ1) is 16.9. The highest BCUT2D eigenvalue weighted by Crippen LogP contribution is 2.28. The van der Waals surface area contributed by atoms with E-state index in [1.54, 1.807) is 24.7 Å². The summed E-state index contributed by atoms with van der Waals surface area (Å²) in [6, 6.07) is 2.43. The second kappa shape index (κ2) is 9.91. The van der Waals surface area contributed by atoms with E-state index in [0.29, 0.717) is 30.5 Å². The van der Waals surface area contributed by atoms with E-state index in [0.717, 1.165) is 38.8 Å². The molecule has 5 rings (SSSR count). The summed E-state index contributed by atoms with van der Waals surface area (Å²) >= 11 is 0. The van der Waals surface area contributed by atoms with Crippen molar-refractivity contribution in [2.45, 2.75) is 95.3 Å². The number of amides is 3. The van der Waals surface area contributed by atoms with Gasteiger partial charge in [0.25, 0.3) is 11.8 Å². The van der Waals surface area contributed by atoms with E-state index >= 15 is 0 Å². The summed E-state index contributed by atoms with van der Waals surface area (Å²) in [6.07, 6.45) is 11.9. The topological polar surface area (TPSA) is 90.8 Å². The first kappa shape index (κ1) is 24.3. The highest BCUT2D eigenvalue weighted by Gasteiger charge is 2.47. The highest BCUT2D eigenvalue weighted by molar-refractivity contribution is 6.01. The van der Waals surface area contributed by atoms with Crippen LogP contribution in [0.1, 0.15) is 92.1 Å². The molecule has 0 bridgehead atoms. The molecule has 0 aromatic carbocycles. The summed E-state index contributed by atoms with van der Waals surface area (Å²) in [7, 11) is 1.67. The number of fused-ring (bicyclic) bond motifs is 1. The zero-order valence-electron chi connectivity index (χ0n) is 21.3. The number of aromatic nitrogens is 2. The summed E-state index contributed by atoms with van der Waals surface area (Å²) < 4.78 is 1.56. The van der Waals surface area contributed by atoms with Crippen molar-refractivity contribution in [2.75, 3.05) is 33.2 Å². The fourth-order valence-corrected chi connectivity index (χ4v) is 6.32. The molecule has 2 saturated carbocycles. The Kier molecular flexibility index (Phi) is 6.88. The van der Waals surface area contributed by atoms with Crippen LogP contribution in [-0.4, -0.2) is 93.1 Å². The van der Waals surface area contributed by atoms with Crippen molar-refractivity contribution in [3.63, 3.8) is 0 Å². The number of piperazine rings is 1. The highest BCUT2D eigenvalue weighted by atomic mass is 16.2. The van der Waals surface area contributed by atoms with Crippen LogP contribution in [0.3, 0.4) is 0 Å². The van der Waals surface area contributed by atoms with Gasteiger partial charge in [-0.3, -0.25) is 24.0 Å². The lowest BCUT2D eigenvalue weighted by Gasteiger charge is -2.42. The standard InChI is InChI=1S/C26H40N6O3/c1-26(25(35)27-19-9-5-3-6-10-19)18-32-22(24(34)29(26)2)17-21(28-32)23(33)31-15-13-30(14-16-31)20-11-7-4-8-12-20/h17,19-20H,3-16,18H2,1-2H3,(H,27,35)/t26-/m1/s1. The molecule has 2 aliphatic heterocycles. The molecule has 0 unspecified atom stereocenters. The van der Waals surface area contributed by atoms with Crippen LogP contribution in [0, 0.1) is 0 Å². The Balaban J connectivity index is 1.25. The molecule has 1 aromatic rings. The molecule has 1 N–H and O–H groups in total. The van der Waals surface area contributed by atoms with Gasteiger partial charge in [-0.05, 0) is 32.6 Å². The predicted molar refractivity (Wildman–Crippen MR) is 132 cm³/mol. The van der Waals surface area contributed by atoms with Crippen LogP contribution in [0.2, 0.25) is 0 Å². The van der Waals surface area contributed by atoms with E-state index in [1.807, 2.05) is 4.90 Å². The molecule has 2 aliphatic carbocycles. The van der Waals surface area contributed by atoms with Gasteiger partial charge >= 0.3 is 0 Å². The van der Waals surface area contributed by atoms with Gasteiger partial charge in [-0.1, -0.05) is 38.5 Å². The van der Waals surface area contributed by atoms with Crippen LogP contribution in [0.15, 0.2) is 6.07 Å². The molecule has 3 amide bonds. The van der Waals surface area contributed by atoms with Crippen LogP contribution >= 0.6 is 0 Å². The van der Waals surface area contributed by atoms with Crippen molar-refractivity contribution in [3.8, 4) is 0 Å². The van der Waals surface area contributed by atoms with Gasteiger partial charge in [-0.15, -0.1) is 0 Å². The summed E-state index contributed by atoms with van der Waals surface area (Å²) in [5.41, 5.74) is -0.371. The zero-order valence-corrected chi connectivity index (χ0v) is 21.3. The number of nitrogens with zero attached hydrogens (tertiary/aromatic N) is 5. The molecule has 4 aliphatic rings. The molecule has 3 heterocycles. The monoisotopic (exact) mass is 484 g/mol. The van der Waals surface area contributed by atoms with E-state index < -0.39 is 5.54 Å². The number of hydrogen-bond acceptors (Lipinski definition) is 5. The summed E-state index contributed by atoms with van der Waals surface area (Å²) in [5.74, 6) is -0.543. The number of carbonyl (C=O) groups is 3. The fourth-order valence-electron chi connectivity index (χ4n) is 6.32. The maximum Gasteiger partial charge on any atom is 0.274 e. The minimum absolute atomic E-state index is 0.126. The quantitative estimate of drug-likeness (QED) is 0.708. The molecule has 1 aromatic heterocycles. The molecule has 35 heavy (non-hydrogen) atoms. The van der Waals surface area contributed by atoms with E-state index in [4.69, 9.17) is 0 Å². The summed E-state index contributed by atoms with van der Waals surface area (Å²) in [5, 5.41) is 7.70. The van der Waals surface area contributed by atoms with Crippen LogP contribution in [-0.2, 0) is 11.3 Å². The zero-order chi connectivity index (χ0) is 24.6. The fraction of sp³-hybridized carbons (Fsp3) is 0.769. The van der Waals surface area contributed by atoms with E-state index in [1.165, 1.54) is 43.4 Å². The van der Waals surface area contributed by atoms with Gasteiger partial charge in [0, 0.05) is 51.4 Å². The number of hydrogen-bond donors (Lipinski definition) is 1. The lowest BCUT2D eigenvalue weighted by molar-refractivity contribution is -0.133. The molecular weight excluding hydrogens is 444 g/mol. The number of rotatable bonds is 4. The normalized spacial score (nSPS) is 27.1. The molecule has 1 saturated heterocycles. The average Bonchev–Trinajstić information content (AvgIpc) is 3.32. The van der Waals surface area contributed by atoms with Gasteiger partial charge in [0.2, 0.25) is 5.91 Å². The Bertz CT molecular complexity index is 956. The van der Waals surface area contributed by atoms with Crippen molar-refractivity contribution in [3.05, 3.63) is 17.5 Å². The second-order valence-electron chi connectivity index (χ2n) is 11.1. The van der Waals surface area contributed by atoms with Gasteiger partial charge in [0.1, 0.15) is 11.2 Å². The lowest BCUT2D eigenvalue weighted by atomic mass is 9.92. The third-order valence-electron chi connectivity index (χ3n) is 8.84. The third-order valence-corrected chi connectivity index (χ3v) is 8.84. The lowest BCUT2D eigenvalue weighted by Crippen LogP contribution is -2.63. The molecular formula is C26H40N6O3. The molecule has 9 heteroatoms. The van der Waals surface area contributed by atoms with Gasteiger partial charge in [0.15, 0.2) is 5.69 Å². The molecule has 0 spiro atoms. The first-order valence-electron chi connectivity index (χ1n) is 13.6. The van der Waals surface area contributed by atoms with Gasteiger partial charge in [-0.2, -0.15) is 5.10 Å². The first-order valence-corrected chi connectivity index (χ1v) is 13.6. The maximum atomic E-state index is 13.3. The largest absolute Gasteiger partial charge is 0.351 e. The smallest absolute Gasteiger partial charge is 0.274 e. The predicted octanol–water partition coefficient (Wildman–Crippen LogP) is 2.27. The minimum atomic E-state index is -1.04. The Labute approximate surface area is 208 Å². The molecule has 192 valence electrons. The van der Waals surface area contributed by atoms with Crippen molar-refractivity contribution < 1.29 is 14.4 Å². The van der Waals surface area contributed by atoms with E-state index in [2.05, 4.69) is 15.3 Å². The Morgan fingerprint density at radius 2 is 1.60 bits per heavy atom. The molecule has 1 atom stereocenters. The Hall–Kier alpha value is -2.42. The maximum absolute atomic E-state index is 13.3. The molecule has 9 nitrogen and oxygen atoms in total. The van der Waals surface area contributed by atoms with Crippen LogP contribution in [0.5, 0.6) is 0 Å². The number of nitrogens with one attached hydrogen (secondary N) is 1. The second-order valence-corrected chi connectivity index (χ2v) is 11.1. The Morgan fingerprint density at radius 3 is 2.26 bits per heavy atom. The SMILES string of the molecule is CN1C(=O)c2cc(C(=O)N3CCN(C4CCCCC4)CC3)nn2C[C@]1(C)C(=O)NC1CCCCC1. The van der Waals surface area contributed by atoms with Gasteiger partial charge in [-0.25, -0.2) is 0 Å². The third kappa shape index (κ3) is 4.71. The van der Waals surface area contributed by atoms with E-state index in [-0.39, 0.29) is 30.3 Å². The minimum Gasteiger partial charge on any atom is -0.351 e. The number of likely N-dealkylation sites (N-methyl/N-ethyl adjacent to an activating group) is 1. The van der Waals surface area contributed by atoms with Gasteiger partial charge < -0.3 is 15.1 Å². The van der Waals surface area contributed by atoms with Gasteiger partial charge in [0.05, 0.1) is 6.54 Å². The summed E-state index contributed by atoms with van der Waals surface area (Å²) in [4.78, 5) is 45.7. The Morgan fingerprint density at radius 1 is 0.971 bits per heavy atom. The van der Waals surface area contributed by atoms with E-state index in [9.17, 15) is 14.4 Å². The van der Waals surface area contributed by atoms with Crippen LogP contribution in [0.4, 0.5) is 0 Å². The van der Waals surface area contributed by atoms with Crippen molar-refractivity contribution in [1.82, 2.24) is 29.8 Å².